The van der Waals surface area contributed by atoms with Gasteiger partial charge in [-0.25, -0.2) is 0 Å². The number of anilines is 1. The molecule has 2 aromatic rings. The highest BCUT2D eigenvalue weighted by Crippen LogP contribution is 2.25. The monoisotopic (exact) mass is 254 g/mol. The topological polar surface area (TPSA) is 38.9 Å². The fourth-order valence-electron chi connectivity index (χ4n) is 1.07. The molecule has 4 heteroatoms. The summed E-state index contributed by atoms with van der Waals surface area (Å²) in [4.78, 5) is 0. The summed E-state index contributed by atoms with van der Waals surface area (Å²) < 4.78 is 5.28. The minimum Gasteiger partial charge on any atom is -0.389 e. The molecule has 66 valence electrons. The third-order valence-corrected chi connectivity index (χ3v) is 2.76. The lowest BCUT2D eigenvalue weighted by atomic mass is 10.2. The van der Waals surface area contributed by atoms with E-state index in [9.17, 15) is 0 Å². The molecule has 2 rings (SSSR count). The summed E-state index contributed by atoms with van der Waals surface area (Å²) in [7, 11) is 0. The number of nitrogens with two attached hydrogens (primary N) is 1. The van der Waals surface area contributed by atoms with Crippen LogP contribution < -0.4 is 5.73 Å². The number of halogens is 1. The van der Waals surface area contributed by atoms with E-state index in [-0.39, 0.29) is 0 Å². The molecule has 0 aliphatic rings. The van der Waals surface area contributed by atoms with Crippen molar-refractivity contribution < 1.29 is 0 Å². The van der Waals surface area contributed by atoms with Gasteiger partial charge in [0, 0.05) is 16.1 Å². The fraction of sp³-hybridized carbons (Fsp3) is 0. The van der Waals surface area contributed by atoms with Gasteiger partial charge in [-0.1, -0.05) is 28.1 Å². The highest BCUT2D eigenvalue weighted by molar-refractivity contribution is 9.10. The van der Waals surface area contributed by atoms with E-state index in [0.717, 1.165) is 20.7 Å². The van der Waals surface area contributed by atoms with Crippen molar-refractivity contribution in [3.8, 4) is 11.3 Å². The van der Waals surface area contributed by atoms with Crippen LogP contribution in [0.25, 0.3) is 11.3 Å². The molecule has 0 unspecified atom stereocenters. The molecular formula is C9H7BrN2S. The Morgan fingerprint density at radius 3 is 2.77 bits per heavy atom. The van der Waals surface area contributed by atoms with Crippen LogP contribution in [-0.2, 0) is 0 Å². The molecule has 0 saturated carbocycles. The first kappa shape index (κ1) is 8.72. The van der Waals surface area contributed by atoms with Crippen LogP contribution in [0.3, 0.4) is 0 Å². The molecule has 1 heterocycles. The quantitative estimate of drug-likeness (QED) is 0.850. The second kappa shape index (κ2) is 3.47. The number of hydrogen-bond donors (Lipinski definition) is 1. The molecule has 0 radical (unpaired) electrons. The SMILES string of the molecule is Nc1cc(-c2cccc(Br)c2)ns1. The Labute approximate surface area is 88.7 Å². The maximum absolute atomic E-state index is 5.60. The molecule has 0 aliphatic heterocycles. The average Bonchev–Trinajstić information content (AvgIpc) is 2.52. The fourth-order valence-corrected chi connectivity index (χ4v) is 2.00. The number of aromatic nitrogens is 1. The zero-order valence-electron chi connectivity index (χ0n) is 6.70. The van der Waals surface area contributed by atoms with Crippen molar-refractivity contribution in [3.05, 3.63) is 34.8 Å². The number of nitrogens with zero attached hydrogens (tertiary/aromatic N) is 1. The van der Waals surface area contributed by atoms with Gasteiger partial charge in [-0.05, 0) is 23.7 Å². The van der Waals surface area contributed by atoms with E-state index >= 15 is 0 Å². The van der Waals surface area contributed by atoms with Gasteiger partial charge in [-0.3, -0.25) is 0 Å². The van der Waals surface area contributed by atoms with Crippen LogP contribution in [0.5, 0.6) is 0 Å². The standard InChI is InChI=1S/C9H7BrN2S/c10-7-3-1-2-6(4-7)8-5-9(11)13-12-8/h1-5H,11H2. The van der Waals surface area contributed by atoms with Crippen molar-refractivity contribution in [2.45, 2.75) is 0 Å². The van der Waals surface area contributed by atoms with Crippen LogP contribution in [0.2, 0.25) is 0 Å². The number of benzene rings is 1. The highest BCUT2D eigenvalue weighted by atomic mass is 79.9. The van der Waals surface area contributed by atoms with Crippen LogP contribution in [0.15, 0.2) is 34.8 Å². The normalized spacial score (nSPS) is 10.2. The Morgan fingerprint density at radius 1 is 1.31 bits per heavy atom. The van der Waals surface area contributed by atoms with Crippen LogP contribution in [-0.4, -0.2) is 4.37 Å². The van der Waals surface area contributed by atoms with Crippen molar-refractivity contribution in [2.24, 2.45) is 0 Å². The second-order valence-electron chi connectivity index (χ2n) is 2.62. The predicted molar refractivity (Wildman–Crippen MR) is 59.7 cm³/mol. The van der Waals surface area contributed by atoms with Crippen LogP contribution >= 0.6 is 27.5 Å². The first-order valence-corrected chi connectivity index (χ1v) is 5.30. The minimum absolute atomic E-state index is 0.745. The van der Waals surface area contributed by atoms with E-state index in [1.807, 2.05) is 30.3 Å². The van der Waals surface area contributed by atoms with Crippen molar-refractivity contribution in [1.29, 1.82) is 0 Å². The molecule has 0 saturated heterocycles. The first-order valence-electron chi connectivity index (χ1n) is 3.74. The van der Waals surface area contributed by atoms with Crippen LogP contribution in [0.1, 0.15) is 0 Å². The Hall–Kier alpha value is -0.870. The molecule has 2 nitrogen and oxygen atoms in total. The van der Waals surface area contributed by atoms with E-state index in [0.29, 0.717) is 0 Å². The molecule has 0 spiro atoms. The Kier molecular flexibility index (Phi) is 2.33. The number of rotatable bonds is 1. The molecule has 0 fully saturated rings. The molecule has 0 aliphatic carbocycles. The largest absolute Gasteiger partial charge is 0.389 e. The molecule has 0 bridgehead atoms. The average molecular weight is 255 g/mol. The maximum atomic E-state index is 5.60. The summed E-state index contributed by atoms with van der Waals surface area (Å²) in [5.74, 6) is 0. The van der Waals surface area contributed by atoms with Crippen LogP contribution in [0.4, 0.5) is 5.00 Å². The summed E-state index contributed by atoms with van der Waals surface area (Å²) >= 11 is 4.73. The van der Waals surface area contributed by atoms with Gasteiger partial charge < -0.3 is 5.73 Å². The van der Waals surface area contributed by atoms with Gasteiger partial charge in [-0.15, -0.1) is 0 Å². The van der Waals surface area contributed by atoms with E-state index in [1.165, 1.54) is 11.5 Å². The lowest BCUT2D eigenvalue weighted by molar-refractivity contribution is 1.51. The Bertz CT molecular complexity index is 425. The summed E-state index contributed by atoms with van der Waals surface area (Å²) in [5, 5.41) is 0.745. The molecule has 1 aromatic carbocycles. The molecule has 1 aromatic heterocycles. The zero-order chi connectivity index (χ0) is 9.26. The summed E-state index contributed by atoms with van der Waals surface area (Å²) in [5.41, 5.74) is 7.62. The van der Waals surface area contributed by atoms with Gasteiger partial charge in [-0.2, -0.15) is 4.37 Å². The Morgan fingerprint density at radius 2 is 2.15 bits per heavy atom. The summed E-state index contributed by atoms with van der Waals surface area (Å²) in [6.45, 7) is 0. The smallest absolute Gasteiger partial charge is 0.107 e. The van der Waals surface area contributed by atoms with Gasteiger partial charge >= 0.3 is 0 Å². The van der Waals surface area contributed by atoms with Gasteiger partial charge in [0.1, 0.15) is 5.00 Å². The first-order chi connectivity index (χ1) is 6.25. The van der Waals surface area contributed by atoms with E-state index in [4.69, 9.17) is 5.73 Å². The van der Waals surface area contributed by atoms with E-state index in [2.05, 4.69) is 20.3 Å². The minimum atomic E-state index is 0.745. The molecule has 2 N–H and O–H groups in total. The lowest BCUT2D eigenvalue weighted by Crippen LogP contribution is -1.77. The molecule has 13 heavy (non-hydrogen) atoms. The maximum Gasteiger partial charge on any atom is 0.107 e. The van der Waals surface area contributed by atoms with Crippen LogP contribution in [0, 0.1) is 0 Å². The zero-order valence-corrected chi connectivity index (χ0v) is 9.10. The molecule has 0 amide bonds. The van der Waals surface area contributed by atoms with Crippen molar-refractivity contribution >= 4 is 32.5 Å². The lowest BCUT2D eigenvalue weighted by Gasteiger charge is -1.95. The third-order valence-electron chi connectivity index (χ3n) is 1.65. The predicted octanol–water partition coefficient (Wildman–Crippen LogP) is 3.15. The van der Waals surface area contributed by atoms with Gasteiger partial charge in [0.2, 0.25) is 0 Å². The van der Waals surface area contributed by atoms with Crippen molar-refractivity contribution in [2.75, 3.05) is 5.73 Å². The van der Waals surface area contributed by atoms with Gasteiger partial charge in [0.25, 0.3) is 0 Å². The van der Waals surface area contributed by atoms with E-state index in [1.54, 1.807) is 0 Å². The number of nitrogen functional groups attached to an aromatic ring is 1. The molecular weight excluding hydrogens is 248 g/mol. The van der Waals surface area contributed by atoms with Crippen molar-refractivity contribution in [3.63, 3.8) is 0 Å². The van der Waals surface area contributed by atoms with Gasteiger partial charge in [0.05, 0.1) is 5.69 Å². The second-order valence-corrected chi connectivity index (χ2v) is 4.38. The summed E-state index contributed by atoms with van der Waals surface area (Å²) in [6.07, 6.45) is 0. The summed E-state index contributed by atoms with van der Waals surface area (Å²) in [6, 6.07) is 9.88. The van der Waals surface area contributed by atoms with Gasteiger partial charge in [0.15, 0.2) is 0 Å². The molecule has 0 atom stereocenters. The highest BCUT2D eigenvalue weighted by Gasteiger charge is 2.01. The Balaban J connectivity index is 2.46. The van der Waals surface area contributed by atoms with E-state index < -0.39 is 0 Å². The van der Waals surface area contributed by atoms with Crippen molar-refractivity contribution in [1.82, 2.24) is 4.37 Å². The number of hydrogen-bond acceptors (Lipinski definition) is 3. The third kappa shape index (κ3) is 1.89.